The van der Waals surface area contributed by atoms with Crippen molar-refractivity contribution in [2.45, 2.75) is 58.2 Å². The first kappa shape index (κ1) is 21.5. The molecule has 0 spiro atoms. The molecule has 1 aliphatic carbocycles. The number of allylic oxidation sites excluding steroid dienone is 1. The molecule has 7 nitrogen and oxygen atoms in total. The van der Waals surface area contributed by atoms with Gasteiger partial charge in [-0.2, -0.15) is 0 Å². The summed E-state index contributed by atoms with van der Waals surface area (Å²) in [7, 11) is 1.62. The maximum atomic E-state index is 13.1. The molecule has 2 heterocycles. The standard InChI is InChI=1S/C23H27N3O4S/c1-13(2)30-22(28)20-14(3)24-23-26(21(20)15-5-9-18(29-4)10-6-15)17(12-31-23)11-19(27)25-16-7-8-16/h5-6,9-10,12-13,16,21H,7-8,11H2,1-4H3,(H,25,27). The van der Waals surface area contributed by atoms with E-state index in [-0.39, 0.29) is 18.4 Å². The highest BCUT2D eigenvalue weighted by Crippen LogP contribution is 2.45. The molecule has 31 heavy (non-hydrogen) atoms. The molecule has 8 heteroatoms. The zero-order valence-corrected chi connectivity index (χ0v) is 19.0. The number of carbonyl (C=O) groups excluding carboxylic acids is 2. The summed E-state index contributed by atoms with van der Waals surface area (Å²) in [5, 5.41) is 5.75. The van der Waals surface area contributed by atoms with Crippen LogP contribution in [0.5, 0.6) is 5.75 Å². The number of ether oxygens (including phenoxy) is 2. The molecule has 0 bridgehead atoms. The Morgan fingerprint density at radius 1 is 1.26 bits per heavy atom. The number of amidine groups is 1. The van der Waals surface area contributed by atoms with Crippen LogP contribution in [0.2, 0.25) is 0 Å². The van der Waals surface area contributed by atoms with Crippen LogP contribution in [0.1, 0.15) is 51.6 Å². The first-order chi connectivity index (χ1) is 14.9. The van der Waals surface area contributed by atoms with Crippen LogP contribution in [0.4, 0.5) is 0 Å². The normalized spacial score (nSPS) is 20.3. The molecule has 1 aromatic rings. The summed E-state index contributed by atoms with van der Waals surface area (Å²) in [5.41, 5.74) is 2.84. The zero-order valence-electron chi connectivity index (χ0n) is 18.2. The van der Waals surface area contributed by atoms with Gasteiger partial charge in [0.15, 0.2) is 5.17 Å². The summed E-state index contributed by atoms with van der Waals surface area (Å²) in [5.74, 6) is 0.326. The molecule has 1 amide bonds. The minimum absolute atomic E-state index is 0.0123. The largest absolute Gasteiger partial charge is 0.497 e. The second-order valence-corrected chi connectivity index (χ2v) is 8.98. The summed E-state index contributed by atoms with van der Waals surface area (Å²) < 4.78 is 10.9. The Morgan fingerprint density at radius 3 is 2.58 bits per heavy atom. The van der Waals surface area contributed by atoms with Crippen LogP contribution in [-0.4, -0.2) is 41.2 Å². The Bertz CT molecular complexity index is 977. The van der Waals surface area contributed by atoms with Crippen molar-refractivity contribution in [1.29, 1.82) is 0 Å². The summed E-state index contributed by atoms with van der Waals surface area (Å²) >= 11 is 1.47. The van der Waals surface area contributed by atoms with Crippen LogP contribution in [0, 0.1) is 0 Å². The molecule has 2 aliphatic heterocycles. The Kier molecular flexibility index (Phi) is 6.09. The number of aliphatic imine (C=N–C) groups is 1. The molecule has 164 valence electrons. The Balaban J connectivity index is 1.70. The van der Waals surface area contributed by atoms with Crippen LogP contribution in [0.25, 0.3) is 0 Å². The van der Waals surface area contributed by atoms with Crippen molar-refractivity contribution in [3.63, 3.8) is 0 Å². The van der Waals surface area contributed by atoms with Crippen LogP contribution >= 0.6 is 11.8 Å². The van der Waals surface area contributed by atoms with E-state index in [1.54, 1.807) is 7.11 Å². The number of esters is 1. The number of amides is 1. The fourth-order valence-electron chi connectivity index (χ4n) is 3.68. The van der Waals surface area contributed by atoms with E-state index in [2.05, 4.69) is 10.3 Å². The van der Waals surface area contributed by atoms with Gasteiger partial charge >= 0.3 is 5.97 Å². The number of nitrogens with zero attached hydrogens (tertiary/aromatic N) is 2. The third-order valence-corrected chi connectivity index (χ3v) is 6.17. The van der Waals surface area contributed by atoms with Gasteiger partial charge in [-0.25, -0.2) is 9.79 Å². The van der Waals surface area contributed by atoms with Crippen LogP contribution < -0.4 is 10.1 Å². The van der Waals surface area contributed by atoms with Gasteiger partial charge in [0.1, 0.15) is 5.75 Å². The number of rotatable bonds is 7. The van der Waals surface area contributed by atoms with Gasteiger partial charge in [-0.3, -0.25) is 4.79 Å². The molecule has 0 saturated heterocycles. The Labute approximate surface area is 186 Å². The van der Waals surface area contributed by atoms with Gasteiger partial charge in [-0.1, -0.05) is 23.9 Å². The SMILES string of the molecule is COc1ccc(C2C(C(=O)OC(C)C)=C(C)N=C3SC=C(CC(=O)NC4CC4)N32)cc1. The van der Waals surface area contributed by atoms with Crippen molar-refractivity contribution in [2.75, 3.05) is 7.11 Å². The quantitative estimate of drug-likeness (QED) is 0.647. The molecule has 1 aromatic carbocycles. The number of hydrogen-bond donors (Lipinski definition) is 1. The number of hydrogen-bond acceptors (Lipinski definition) is 7. The molecule has 1 N–H and O–H groups in total. The van der Waals surface area contributed by atoms with Gasteiger partial charge in [0.05, 0.1) is 36.9 Å². The molecular weight excluding hydrogens is 414 g/mol. The Hall–Kier alpha value is -2.74. The predicted octanol–water partition coefficient (Wildman–Crippen LogP) is 3.89. The lowest BCUT2D eigenvalue weighted by atomic mass is 9.93. The monoisotopic (exact) mass is 441 g/mol. The molecule has 0 radical (unpaired) electrons. The highest BCUT2D eigenvalue weighted by molar-refractivity contribution is 8.16. The molecule has 1 atom stereocenters. The smallest absolute Gasteiger partial charge is 0.338 e. The van der Waals surface area contributed by atoms with Crippen molar-refractivity contribution in [2.24, 2.45) is 4.99 Å². The van der Waals surface area contributed by atoms with Gasteiger partial charge in [0.2, 0.25) is 5.91 Å². The molecule has 3 aliphatic rings. The second-order valence-electron chi connectivity index (χ2n) is 8.14. The fraction of sp³-hybridized carbons (Fsp3) is 0.435. The number of carbonyl (C=O) groups is 2. The summed E-state index contributed by atoms with van der Waals surface area (Å²) in [6, 6.07) is 7.48. The minimum Gasteiger partial charge on any atom is -0.497 e. The van der Waals surface area contributed by atoms with E-state index in [1.807, 2.05) is 55.3 Å². The summed E-state index contributed by atoms with van der Waals surface area (Å²) in [6.07, 6.45) is 2.07. The maximum absolute atomic E-state index is 13.1. The van der Waals surface area contributed by atoms with E-state index >= 15 is 0 Å². The van der Waals surface area contributed by atoms with E-state index in [4.69, 9.17) is 9.47 Å². The molecule has 0 aromatic heterocycles. The van der Waals surface area contributed by atoms with E-state index < -0.39 is 12.0 Å². The number of benzene rings is 1. The van der Waals surface area contributed by atoms with Crippen molar-refractivity contribution in [1.82, 2.24) is 10.2 Å². The van der Waals surface area contributed by atoms with Crippen LogP contribution in [0.3, 0.4) is 0 Å². The lowest BCUT2D eigenvalue weighted by Gasteiger charge is -2.36. The minimum atomic E-state index is -0.431. The van der Waals surface area contributed by atoms with Crippen molar-refractivity contribution in [3.8, 4) is 5.75 Å². The third kappa shape index (κ3) is 4.63. The van der Waals surface area contributed by atoms with Gasteiger partial charge < -0.3 is 19.7 Å². The van der Waals surface area contributed by atoms with Crippen molar-refractivity contribution in [3.05, 3.63) is 52.2 Å². The molecule has 1 unspecified atom stereocenters. The third-order valence-electron chi connectivity index (χ3n) is 5.28. The number of nitrogens with one attached hydrogen (secondary N) is 1. The van der Waals surface area contributed by atoms with E-state index in [1.165, 1.54) is 11.8 Å². The van der Waals surface area contributed by atoms with Crippen molar-refractivity contribution < 1.29 is 19.1 Å². The van der Waals surface area contributed by atoms with Gasteiger partial charge in [0.25, 0.3) is 0 Å². The first-order valence-corrected chi connectivity index (χ1v) is 11.3. The zero-order chi connectivity index (χ0) is 22.1. The van der Waals surface area contributed by atoms with Gasteiger partial charge in [-0.05, 0) is 56.7 Å². The lowest BCUT2D eigenvalue weighted by molar-refractivity contribution is -0.143. The first-order valence-electron chi connectivity index (χ1n) is 10.5. The van der Waals surface area contributed by atoms with Gasteiger partial charge in [0, 0.05) is 11.7 Å². The summed E-state index contributed by atoms with van der Waals surface area (Å²) in [6.45, 7) is 5.48. The predicted molar refractivity (Wildman–Crippen MR) is 120 cm³/mol. The topological polar surface area (TPSA) is 80.2 Å². The van der Waals surface area contributed by atoms with E-state index in [0.29, 0.717) is 17.3 Å². The van der Waals surface area contributed by atoms with E-state index in [9.17, 15) is 9.59 Å². The molecule has 4 rings (SSSR count). The molecule has 1 fully saturated rings. The highest BCUT2D eigenvalue weighted by Gasteiger charge is 2.41. The number of fused-ring (bicyclic) bond motifs is 1. The Morgan fingerprint density at radius 2 is 1.97 bits per heavy atom. The van der Waals surface area contributed by atoms with E-state index in [0.717, 1.165) is 35.0 Å². The fourth-order valence-corrected chi connectivity index (χ4v) is 4.65. The average molecular weight is 442 g/mol. The lowest BCUT2D eigenvalue weighted by Crippen LogP contribution is -2.38. The number of methoxy groups -OCH3 is 1. The summed E-state index contributed by atoms with van der Waals surface area (Å²) in [4.78, 5) is 32.3. The number of thioether (sulfide) groups is 1. The van der Waals surface area contributed by atoms with Crippen LogP contribution in [-0.2, 0) is 14.3 Å². The van der Waals surface area contributed by atoms with Crippen LogP contribution in [0.15, 0.2) is 51.6 Å². The average Bonchev–Trinajstić information content (AvgIpc) is 3.45. The molecule has 1 saturated carbocycles. The maximum Gasteiger partial charge on any atom is 0.338 e. The van der Waals surface area contributed by atoms with Gasteiger partial charge in [-0.15, -0.1) is 0 Å². The highest BCUT2D eigenvalue weighted by atomic mass is 32.2. The molecular formula is C23H27N3O4S. The second kappa shape index (κ2) is 8.78. The van der Waals surface area contributed by atoms with Crippen molar-refractivity contribution >= 4 is 28.8 Å².